The van der Waals surface area contributed by atoms with Gasteiger partial charge in [0, 0.05) is 31.2 Å². The van der Waals surface area contributed by atoms with E-state index in [2.05, 4.69) is 9.88 Å². The van der Waals surface area contributed by atoms with Crippen molar-refractivity contribution < 1.29 is 4.79 Å². The molecule has 1 saturated heterocycles. The van der Waals surface area contributed by atoms with Gasteiger partial charge in [0.2, 0.25) is 5.91 Å². The molecule has 0 bridgehead atoms. The Morgan fingerprint density at radius 1 is 1.13 bits per heavy atom. The van der Waals surface area contributed by atoms with Gasteiger partial charge in [-0.3, -0.25) is 14.5 Å². The summed E-state index contributed by atoms with van der Waals surface area (Å²) >= 11 is 1.62. The predicted molar refractivity (Wildman–Crippen MR) is 122 cm³/mol. The first kappa shape index (κ1) is 20.9. The number of hydrogen-bond acceptors (Lipinski definition) is 5. The van der Waals surface area contributed by atoms with Crippen molar-refractivity contribution in [3.8, 4) is 0 Å². The van der Waals surface area contributed by atoms with Crippen molar-refractivity contribution in [1.29, 1.82) is 0 Å². The van der Waals surface area contributed by atoms with Crippen LogP contribution in [0.25, 0.3) is 0 Å². The number of rotatable bonds is 4. The van der Waals surface area contributed by atoms with Gasteiger partial charge < -0.3 is 9.88 Å². The van der Waals surface area contributed by atoms with Crippen molar-refractivity contribution in [3.05, 3.63) is 49.8 Å². The van der Waals surface area contributed by atoms with Crippen molar-refractivity contribution in [1.82, 2.24) is 19.8 Å². The Morgan fingerprint density at radius 2 is 1.97 bits per heavy atom. The van der Waals surface area contributed by atoms with Crippen LogP contribution in [0.2, 0.25) is 0 Å². The molecule has 0 radical (unpaired) electrons. The standard InChI is InChI=1S/C24H32N4O2S/c29-22(14-17-10-13-31-16-17)28-11-5-4-8-21(28)23-25-20-15-27(18-6-2-1-3-7-18)12-9-19(20)24(30)26-23/h10,13,16,18,21H,1-9,11-12,14-15H2,(H,25,26,30). The van der Waals surface area contributed by atoms with Gasteiger partial charge in [0.05, 0.1) is 18.2 Å². The van der Waals surface area contributed by atoms with Gasteiger partial charge in [0.15, 0.2) is 0 Å². The molecule has 1 N–H and O–H groups in total. The van der Waals surface area contributed by atoms with Crippen LogP contribution in [0, 0.1) is 0 Å². The minimum Gasteiger partial charge on any atom is -0.332 e. The van der Waals surface area contributed by atoms with Crippen LogP contribution in [-0.2, 0) is 24.2 Å². The van der Waals surface area contributed by atoms with Crippen LogP contribution in [-0.4, -0.2) is 44.8 Å². The monoisotopic (exact) mass is 440 g/mol. The molecule has 6 nitrogen and oxygen atoms in total. The molecule has 1 amide bonds. The number of piperidine rings is 1. The number of hydrogen-bond donors (Lipinski definition) is 1. The molecule has 5 rings (SSSR count). The number of carbonyl (C=O) groups excluding carboxylic acids is 1. The average Bonchev–Trinajstić information content (AvgIpc) is 3.32. The van der Waals surface area contributed by atoms with Crippen LogP contribution in [0.3, 0.4) is 0 Å². The molecule has 1 atom stereocenters. The molecule has 1 saturated carbocycles. The summed E-state index contributed by atoms with van der Waals surface area (Å²) in [6.45, 7) is 2.46. The summed E-state index contributed by atoms with van der Waals surface area (Å²) in [5.74, 6) is 0.819. The van der Waals surface area contributed by atoms with Crippen LogP contribution in [0.4, 0.5) is 0 Å². The average molecular weight is 441 g/mol. The van der Waals surface area contributed by atoms with Gasteiger partial charge in [-0.25, -0.2) is 4.98 Å². The van der Waals surface area contributed by atoms with E-state index in [1.165, 1.54) is 32.1 Å². The second-order valence-electron chi connectivity index (χ2n) is 9.30. The highest BCUT2D eigenvalue weighted by Crippen LogP contribution is 2.31. The van der Waals surface area contributed by atoms with E-state index >= 15 is 0 Å². The molecule has 31 heavy (non-hydrogen) atoms. The lowest BCUT2D eigenvalue weighted by molar-refractivity contribution is -0.134. The first-order valence-electron chi connectivity index (χ1n) is 11.9. The molecule has 166 valence electrons. The topological polar surface area (TPSA) is 69.3 Å². The third kappa shape index (κ3) is 4.48. The number of aromatic nitrogens is 2. The van der Waals surface area contributed by atoms with Crippen LogP contribution in [0.1, 0.15) is 80.1 Å². The summed E-state index contributed by atoms with van der Waals surface area (Å²) in [6, 6.07) is 2.52. The van der Waals surface area contributed by atoms with Crippen molar-refractivity contribution in [2.45, 2.75) is 82.8 Å². The van der Waals surface area contributed by atoms with Crippen molar-refractivity contribution in [3.63, 3.8) is 0 Å². The third-order valence-corrected chi connectivity index (χ3v) is 8.02. The van der Waals surface area contributed by atoms with E-state index in [0.29, 0.717) is 18.3 Å². The van der Waals surface area contributed by atoms with Crippen LogP contribution in [0.15, 0.2) is 21.6 Å². The fourth-order valence-corrected chi connectivity index (χ4v) is 6.25. The highest BCUT2D eigenvalue weighted by molar-refractivity contribution is 7.08. The molecular formula is C24H32N4O2S. The lowest BCUT2D eigenvalue weighted by Crippen LogP contribution is -2.44. The lowest BCUT2D eigenvalue weighted by atomic mass is 9.92. The highest BCUT2D eigenvalue weighted by atomic mass is 32.1. The Balaban J connectivity index is 1.38. The van der Waals surface area contributed by atoms with Gasteiger partial charge in [-0.15, -0.1) is 0 Å². The van der Waals surface area contributed by atoms with E-state index in [1.54, 1.807) is 11.3 Å². The zero-order valence-corrected chi connectivity index (χ0v) is 19.0. The molecule has 0 aromatic carbocycles. The Hall–Kier alpha value is -1.99. The summed E-state index contributed by atoms with van der Waals surface area (Å²) in [4.78, 5) is 38.6. The summed E-state index contributed by atoms with van der Waals surface area (Å²) in [7, 11) is 0. The number of thiophene rings is 1. The zero-order chi connectivity index (χ0) is 21.2. The number of H-pyrrole nitrogens is 1. The van der Waals surface area contributed by atoms with Gasteiger partial charge in [0.1, 0.15) is 5.82 Å². The summed E-state index contributed by atoms with van der Waals surface area (Å²) in [5.41, 5.74) is 2.85. The Labute approximate surface area is 187 Å². The molecule has 1 aliphatic carbocycles. The minimum atomic E-state index is -0.122. The Kier molecular flexibility index (Phi) is 6.23. The fraction of sp³-hybridized carbons (Fsp3) is 0.625. The lowest BCUT2D eigenvalue weighted by Gasteiger charge is -2.38. The molecule has 2 aliphatic heterocycles. The summed E-state index contributed by atoms with van der Waals surface area (Å²) in [6.07, 6.45) is 10.6. The second-order valence-corrected chi connectivity index (χ2v) is 10.1. The molecule has 2 aromatic heterocycles. The number of carbonyl (C=O) groups is 1. The first-order chi connectivity index (χ1) is 15.2. The highest BCUT2D eigenvalue weighted by Gasteiger charge is 2.32. The van der Waals surface area contributed by atoms with Crippen LogP contribution in [0.5, 0.6) is 0 Å². The van der Waals surface area contributed by atoms with Crippen molar-refractivity contribution in [2.75, 3.05) is 13.1 Å². The smallest absolute Gasteiger partial charge is 0.254 e. The molecule has 3 aliphatic rings. The van der Waals surface area contributed by atoms with E-state index in [1.807, 2.05) is 21.7 Å². The number of aromatic amines is 1. The third-order valence-electron chi connectivity index (χ3n) is 7.29. The van der Waals surface area contributed by atoms with E-state index in [4.69, 9.17) is 4.98 Å². The SMILES string of the molecule is O=C(Cc1ccsc1)N1CCCCC1c1nc2c(c(=O)[nH]1)CCN(C1CCCCC1)C2. The van der Waals surface area contributed by atoms with Gasteiger partial charge >= 0.3 is 0 Å². The number of amides is 1. The normalized spacial score (nSPS) is 23.0. The first-order valence-corrected chi connectivity index (χ1v) is 12.8. The molecule has 1 unspecified atom stereocenters. The minimum absolute atomic E-state index is 0.000832. The Bertz CT molecular complexity index is 964. The fourth-order valence-electron chi connectivity index (χ4n) is 5.58. The number of likely N-dealkylation sites (tertiary alicyclic amines) is 1. The zero-order valence-electron chi connectivity index (χ0n) is 18.1. The summed E-state index contributed by atoms with van der Waals surface area (Å²) in [5, 5.41) is 4.05. The molecule has 4 heterocycles. The maximum absolute atomic E-state index is 13.1. The van der Waals surface area contributed by atoms with Gasteiger partial charge in [-0.2, -0.15) is 11.3 Å². The number of nitrogens with one attached hydrogen (secondary N) is 1. The second kappa shape index (κ2) is 9.25. The number of nitrogens with zero attached hydrogens (tertiary/aromatic N) is 3. The van der Waals surface area contributed by atoms with Crippen LogP contribution < -0.4 is 5.56 Å². The van der Waals surface area contributed by atoms with Crippen molar-refractivity contribution in [2.24, 2.45) is 0 Å². The van der Waals surface area contributed by atoms with E-state index in [-0.39, 0.29) is 17.5 Å². The molecule has 2 aromatic rings. The Morgan fingerprint density at radius 3 is 2.77 bits per heavy atom. The van der Waals surface area contributed by atoms with Gasteiger partial charge in [-0.05, 0) is 60.9 Å². The predicted octanol–water partition coefficient (Wildman–Crippen LogP) is 3.82. The van der Waals surface area contributed by atoms with Crippen LogP contribution >= 0.6 is 11.3 Å². The molecule has 7 heteroatoms. The van der Waals surface area contributed by atoms with E-state index < -0.39 is 0 Å². The summed E-state index contributed by atoms with van der Waals surface area (Å²) < 4.78 is 0. The maximum atomic E-state index is 13.1. The molecule has 2 fully saturated rings. The quantitative estimate of drug-likeness (QED) is 0.785. The largest absolute Gasteiger partial charge is 0.332 e. The van der Waals surface area contributed by atoms with Crippen molar-refractivity contribution >= 4 is 17.2 Å². The van der Waals surface area contributed by atoms with Gasteiger partial charge in [-0.1, -0.05) is 19.3 Å². The molecule has 0 spiro atoms. The molecular weight excluding hydrogens is 408 g/mol. The van der Waals surface area contributed by atoms with E-state index in [0.717, 1.165) is 62.1 Å². The van der Waals surface area contributed by atoms with Gasteiger partial charge in [0.25, 0.3) is 5.56 Å². The van der Waals surface area contributed by atoms with E-state index in [9.17, 15) is 9.59 Å². The number of fused-ring (bicyclic) bond motifs is 1. The maximum Gasteiger partial charge on any atom is 0.254 e.